The molecule has 11 heteroatoms. The molecule has 2 bridgehead atoms. The first-order chi connectivity index (χ1) is 20.1. The number of morpholine rings is 1. The van der Waals surface area contributed by atoms with E-state index < -0.39 is 15.9 Å². The number of aromatic nitrogens is 1. The minimum absolute atomic E-state index is 0.0116. The van der Waals surface area contributed by atoms with Crippen molar-refractivity contribution in [2.24, 2.45) is 0 Å². The van der Waals surface area contributed by atoms with Gasteiger partial charge in [0.1, 0.15) is 24.2 Å². The zero-order chi connectivity index (χ0) is 30.0. The number of nitrogens with one attached hydrogen (secondary N) is 2. The number of esters is 1. The molecule has 1 aromatic heterocycles. The van der Waals surface area contributed by atoms with Crippen molar-refractivity contribution in [3.05, 3.63) is 71.4 Å². The van der Waals surface area contributed by atoms with E-state index in [4.69, 9.17) is 9.47 Å². The topological polar surface area (TPSA) is 127 Å². The predicted molar refractivity (Wildman–Crippen MR) is 162 cm³/mol. The van der Waals surface area contributed by atoms with Gasteiger partial charge in [-0.3, -0.25) is 9.69 Å². The number of sulfonamides is 1. The Morgan fingerprint density at radius 3 is 2.48 bits per heavy atom. The fourth-order valence-electron chi connectivity index (χ4n) is 6.20. The van der Waals surface area contributed by atoms with Crippen LogP contribution in [0.1, 0.15) is 35.4 Å². The lowest BCUT2D eigenvalue weighted by Crippen LogP contribution is -2.48. The van der Waals surface area contributed by atoms with E-state index in [2.05, 4.69) is 26.6 Å². The van der Waals surface area contributed by atoms with E-state index in [1.54, 1.807) is 0 Å². The van der Waals surface area contributed by atoms with Gasteiger partial charge in [0.15, 0.2) is 0 Å². The van der Waals surface area contributed by atoms with Gasteiger partial charge in [0.25, 0.3) is 0 Å². The van der Waals surface area contributed by atoms with Crippen molar-refractivity contribution < 1.29 is 27.8 Å². The Bertz CT molecular complexity index is 1460. The second kappa shape index (κ2) is 12.8. The molecule has 0 saturated carbocycles. The Labute approximate surface area is 248 Å². The molecule has 3 aliphatic rings. The van der Waals surface area contributed by atoms with Crippen LogP contribution in [0, 0.1) is 0 Å². The number of ether oxygens (including phenoxy) is 2. The number of piperidine rings is 1. The zero-order valence-corrected chi connectivity index (χ0v) is 25.5. The van der Waals surface area contributed by atoms with Crippen molar-refractivity contribution in [2.75, 3.05) is 41.3 Å². The number of fused-ring (bicyclic) bond motifs is 6. The van der Waals surface area contributed by atoms with E-state index in [1.807, 2.05) is 68.8 Å². The summed E-state index contributed by atoms with van der Waals surface area (Å²) >= 11 is 0. The summed E-state index contributed by atoms with van der Waals surface area (Å²) in [6, 6.07) is 15.8. The molecule has 3 saturated heterocycles. The first-order valence-corrected chi connectivity index (χ1v) is 16.1. The van der Waals surface area contributed by atoms with E-state index in [1.165, 1.54) is 12.6 Å². The Kier molecular flexibility index (Phi) is 9.36. The standard InChI is InChI=1S/C17H21NO4.C14H21N3O2S/c1-18-13-7-11(8-14(18)16-15(13)22-16)21-17(20)12(9-19)10-5-3-2-4-6-10;1-15-20(18,19)10-11-4-5-14-13(8-11)12(9-16-14)6-7-17(2)3/h2-6,11-16,19H,7-9H2,1H3;4-5,8-9,15-16H,6-7,10H2,1-3H3/t11-,12-,13-,14+,15-,16+;/m1./s1. The number of benzene rings is 2. The molecule has 0 amide bonds. The highest BCUT2D eigenvalue weighted by molar-refractivity contribution is 7.88. The van der Waals surface area contributed by atoms with Crippen LogP contribution in [0.3, 0.4) is 0 Å². The zero-order valence-electron chi connectivity index (χ0n) is 24.7. The summed E-state index contributed by atoms with van der Waals surface area (Å²) in [5.74, 6) is -0.904. The molecular weight excluding hydrogens is 556 g/mol. The molecule has 4 heterocycles. The first-order valence-electron chi connectivity index (χ1n) is 14.5. The highest BCUT2D eigenvalue weighted by Crippen LogP contribution is 2.48. The lowest BCUT2D eigenvalue weighted by molar-refractivity contribution is -0.156. The molecule has 10 nitrogen and oxygen atoms in total. The molecular formula is C31H42N4O6S. The number of aliphatic hydroxyl groups is 1. The quantitative estimate of drug-likeness (QED) is 0.240. The van der Waals surface area contributed by atoms with Gasteiger partial charge < -0.3 is 24.5 Å². The third-order valence-electron chi connectivity index (χ3n) is 8.65. The molecule has 42 heavy (non-hydrogen) atoms. The number of hydrogen-bond donors (Lipinski definition) is 3. The summed E-state index contributed by atoms with van der Waals surface area (Å²) in [6.07, 6.45) is 5.20. The van der Waals surface area contributed by atoms with Crippen LogP contribution in [0.4, 0.5) is 0 Å². The van der Waals surface area contributed by atoms with Gasteiger partial charge in [-0.25, -0.2) is 13.1 Å². The molecule has 3 aliphatic heterocycles. The Balaban J connectivity index is 0.000000169. The summed E-state index contributed by atoms with van der Waals surface area (Å²) in [5.41, 5.74) is 3.87. The van der Waals surface area contributed by atoms with E-state index in [0.717, 1.165) is 47.8 Å². The number of likely N-dealkylation sites (N-methyl/N-ethyl adjacent to an activating group) is 2. The Hall–Kier alpha value is -2.80. The summed E-state index contributed by atoms with van der Waals surface area (Å²) in [5, 5.41) is 10.7. The van der Waals surface area contributed by atoms with Crippen LogP contribution in [-0.2, 0) is 36.5 Å². The van der Waals surface area contributed by atoms with Crippen LogP contribution in [-0.4, -0.2) is 106 Å². The third kappa shape index (κ3) is 6.88. The molecule has 3 N–H and O–H groups in total. The maximum Gasteiger partial charge on any atom is 0.316 e. The van der Waals surface area contributed by atoms with Crippen molar-refractivity contribution in [3.8, 4) is 0 Å². The van der Waals surface area contributed by atoms with E-state index in [9.17, 15) is 18.3 Å². The summed E-state index contributed by atoms with van der Waals surface area (Å²) in [7, 11) is 4.42. The monoisotopic (exact) mass is 598 g/mol. The van der Waals surface area contributed by atoms with Crippen LogP contribution < -0.4 is 4.72 Å². The molecule has 6 rings (SSSR count). The maximum atomic E-state index is 12.4. The number of epoxide rings is 1. The van der Waals surface area contributed by atoms with Gasteiger partial charge in [-0.2, -0.15) is 0 Å². The smallest absolute Gasteiger partial charge is 0.316 e. The minimum atomic E-state index is -3.23. The van der Waals surface area contributed by atoms with Gasteiger partial charge in [0.2, 0.25) is 10.0 Å². The molecule has 0 unspecified atom stereocenters. The molecule has 0 radical (unpaired) electrons. The van der Waals surface area contributed by atoms with Gasteiger partial charge in [-0.15, -0.1) is 0 Å². The second-order valence-corrected chi connectivity index (χ2v) is 13.7. The largest absolute Gasteiger partial charge is 0.462 e. The number of aromatic amines is 1. The summed E-state index contributed by atoms with van der Waals surface area (Å²) in [6.45, 7) is 0.739. The number of carbonyl (C=O) groups is 1. The van der Waals surface area contributed by atoms with Crippen LogP contribution in [0.2, 0.25) is 0 Å². The van der Waals surface area contributed by atoms with Gasteiger partial charge >= 0.3 is 5.97 Å². The average molecular weight is 599 g/mol. The number of rotatable bonds is 10. The van der Waals surface area contributed by atoms with Crippen molar-refractivity contribution in [3.63, 3.8) is 0 Å². The molecule has 0 aliphatic carbocycles. The maximum absolute atomic E-state index is 12.4. The molecule has 2 aromatic carbocycles. The number of carbonyl (C=O) groups excluding carboxylic acids is 1. The van der Waals surface area contributed by atoms with E-state index in [0.29, 0.717) is 24.3 Å². The number of H-pyrrole nitrogens is 1. The number of aliphatic hydroxyl groups excluding tert-OH is 1. The first kappa shape index (κ1) is 30.7. The second-order valence-electron chi connectivity index (χ2n) is 11.8. The highest BCUT2D eigenvalue weighted by Gasteiger charge is 2.62. The fraction of sp³-hybridized carbons (Fsp3) is 0.516. The SMILES string of the molecule is CN1[C@@H]2C[C@@H](OC(=O)[C@H](CO)c3ccccc3)C[C@H]1[C@@H]1O[C@@H]12.CNS(=O)(=O)Cc1ccc2[nH]cc(CCN(C)C)c2c1. The van der Waals surface area contributed by atoms with Gasteiger partial charge in [-0.1, -0.05) is 36.4 Å². The van der Waals surface area contributed by atoms with Gasteiger partial charge in [0.05, 0.1) is 12.4 Å². The predicted octanol–water partition coefficient (Wildman–Crippen LogP) is 2.24. The summed E-state index contributed by atoms with van der Waals surface area (Å²) in [4.78, 5) is 20.2. The van der Waals surface area contributed by atoms with Crippen molar-refractivity contribution in [1.29, 1.82) is 0 Å². The Morgan fingerprint density at radius 1 is 1.17 bits per heavy atom. The number of nitrogens with zero attached hydrogens (tertiary/aromatic N) is 2. The van der Waals surface area contributed by atoms with Crippen LogP contribution >= 0.6 is 0 Å². The lowest BCUT2D eigenvalue weighted by Gasteiger charge is -2.38. The number of hydrogen-bond acceptors (Lipinski definition) is 8. The van der Waals surface area contributed by atoms with Crippen LogP contribution in [0.25, 0.3) is 10.9 Å². The lowest BCUT2D eigenvalue weighted by atomic mass is 9.97. The third-order valence-corrected chi connectivity index (χ3v) is 9.99. The van der Waals surface area contributed by atoms with Crippen LogP contribution in [0.15, 0.2) is 54.7 Å². The molecule has 6 atom stereocenters. The van der Waals surface area contributed by atoms with Crippen molar-refractivity contribution in [1.82, 2.24) is 19.5 Å². The highest BCUT2D eigenvalue weighted by atomic mass is 32.2. The van der Waals surface area contributed by atoms with Crippen molar-refractivity contribution >= 4 is 26.9 Å². The minimum Gasteiger partial charge on any atom is -0.462 e. The molecule has 3 aromatic rings. The summed E-state index contributed by atoms with van der Waals surface area (Å²) < 4.78 is 37.0. The molecule has 228 valence electrons. The van der Waals surface area contributed by atoms with Crippen molar-refractivity contribution in [2.45, 2.75) is 61.3 Å². The van der Waals surface area contributed by atoms with Gasteiger partial charge in [0, 0.05) is 48.6 Å². The average Bonchev–Trinajstić information content (AvgIpc) is 3.62. The normalized spacial score (nSPS) is 25.5. The van der Waals surface area contributed by atoms with E-state index in [-0.39, 0.29) is 24.4 Å². The van der Waals surface area contributed by atoms with E-state index >= 15 is 0 Å². The fourth-order valence-corrected chi connectivity index (χ4v) is 6.97. The van der Waals surface area contributed by atoms with Gasteiger partial charge in [-0.05, 0) is 63.4 Å². The van der Waals surface area contributed by atoms with Crippen LogP contribution in [0.5, 0.6) is 0 Å². The Morgan fingerprint density at radius 2 is 1.86 bits per heavy atom. The molecule has 3 fully saturated rings. The molecule has 0 spiro atoms.